The molecule has 6 nitrogen and oxygen atoms in total. The van der Waals surface area contributed by atoms with Crippen LogP contribution in [0.1, 0.15) is 18.4 Å². The number of benzene rings is 1. The number of nitrogens with zero attached hydrogens (tertiary/aromatic N) is 3. The Morgan fingerprint density at radius 2 is 2.00 bits per heavy atom. The summed E-state index contributed by atoms with van der Waals surface area (Å²) < 4.78 is 11.8. The number of morpholine rings is 1. The summed E-state index contributed by atoms with van der Waals surface area (Å²) in [6, 6.07) is 11.1. The zero-order valence-corrected chi connectivity index (χ0v) is 16.9. The van der Waals surface area contributed by atoms with E-state index in [9.17, 15) is 0 Å². The number of likely N-dealkylation sites (N-methyl/N-ethyl adjacent to an activating group) is 1. The number of rotatable bonds is 6. The molecule has 2 fully saturated rings. The van der Waals surface area contributed by atoms with Gasteiger partial charge in [-0.3, -0.25) is 4.99 Å². The van der Waals surface area contributed by atoms with E-state index in [1.807, 2.05) is 7.05 Å². The van der Waals surface area contributed by atoms with Gasteiger partial charge in [-0.25, -0.2) is 0 Å². The lowest BCUT2D eigenvalue weighted by atomic mass is 10.1. The van der Waals surface area contributed by atoms with Crippen LogP contribution in [0.2, 0.25) is 0 Å². The molecule has 2 heterocycles. The molecule has 0 saturated carbocycles. The van der Waals surface area contributed by atoms with Crippen molar-refractivity contribution in [2.24, 2.45) is 4.99 Å². The Morgan fingerprint density at radius 1 is 1.22 bits per heavy atom. The SMILES string of the molecule is CN=C(NCC(Cc1ccccc1)N(C)C)N1CCOC(C2CCCO2)C1. The van der Waals surface area contributed by atoms with Crippen LogP contribution in [0, 0.1) is 0 Å². The van der Waals surface area contributed by atoms with Gasteiger partial charge in [-0.2, -0.15) is 0 Å². The Hall–Kier alpha value is -1.63. The van der Waals surface area contributed by atoms with Gasteiger partial charge in [-0.1, -0.05) is 30.3 Å². The van der Waals surface area contributed by atoms with Crippen LogP contribution in [0.3, 0.4) is 0 Å². The number of hydrogen-bond donors (Lipinski definition) is 1. The molecular weight excluding hydrogens is 340 g/mol. The molecule has 1 aromatic rings. The maximum Gasteiger partial charge on any atom is 0.193 e. The van der Waals surface area contributed by atoms with Gasteiger partial charge in [-0.15, -0.1) is 0 Å². The first-order valence-electron chi connectivity index (χ1n) is 10.1. The average Bonchev–Trinajstić information content (AvgIpc) is 3.23. The fourth-order valence-corrected chi connectivity index (χ4v) is 3.85. The Morgan fingerprint density at radius 3 is 2.67 bits per heavy atom. The van der Waals surface area contributed by atoms with Crippen molar-refractivity contribution in [2.75, 3.05) is 54.0 Å². The first kappa shape index (κ1) is 20.1. The monoisotopic (exact) mass is 374 g/mol. The van der Waals surface area contributed by atoms with Crippen molar-refractivity contribution >= 4 is 5.96 Å². The average molecular weight is 375 g/mol. The topological polar surface area (TPSA) is 49.3 Å². The fraction of sp³-hybridized carbons (Fsp3) is 0.667. The predicted octanol–water partition coefficient (Wildman–Crippen LogP) is 1.61. The largest absolute Gasteiger partial charge is 0.375 e. The van der Waals surface area contributed by atoms with Crippen LogP contribution in [0.15, 0.2) is 35.3 Å². The van der Waals surface area contributed by atoms with Crippen molar-refractivity contribution < 1.29 is 9.47 Å². The summed E-state index contributed by atoms with van der Waals surface area (Å²) >= 11 is 0. The summed E-state index contributed by atoms with van der Waals surface area (Å²) in [6.45, 7) is 4.16. The van der Waals surface area contributed by atoms with E-state index in [-0.39, 0.29) is 12.2 Å². The zero-order chi connectivity index (χ0) is 19.1. The third-order valence-corrected chi connectivity index (χ3v) is 5.52. The molecule has 1 aromatic carbocycles. The van der Waals surface area contributed by atoms with Crippen LogP contribution in [-0.2, 0) is 15.9 Å². The van der Waals surface area contributed by atoms with Gasteiger partial charge in [0.25, 0.3) is 0 Å². The molecule has 27 heavy (non-hydrogen) atoms. The van der Waals surface area contributed by atoms with Crippen molar-refractivity contribution in [3.05, 3.63) is 35.9 Å². The Kier molecular flexibility index (Phi) is 7.50. The van der Waals surface area contributed by atoms with Crippen LogP contribution < -0.4 is 5.32 Å². The molecule has 0 aliphatic carbocycles. The van der Waals surface area contributed by atoms with E-state index in [1.165, 1.54) is 5.56 Å². The van der Waals surface area contributed by atoms with E-state index >= 15 is 0 Å². The van der Waals surface area contributed by atoms with Gasteiger partial charge in [-0.05, 0) is 38.9 Å². The lowest BCUT2D eigenvalue weighted by Crippen LogP contribution is -2.55. The highest BCUT2D eigenvalue weighted by atomic mass is 16.5. The fourth-order valence-electron chi connectivity index (χ4n) is 3.85. The lowest BCUT2D eigenvalue weighted by Gasteiger charge is -2.37. The second-order valence-corrected chi connectivity index (χ2v) is 7.64. The predicted molar refractivity (Wildman–Crippen MR) is 109 cm³/mol. The minimum Gasteiger partial charge on any atom is -0.375 e. The number of guanidine groups is 1. The summed E-state index contributed by atoms with van der Waals surface area (Å²) in [5.74, 6) is 0.959. The van der Waals surface area contributed by atoms with E-state index < -0.39 is 0 Å². The van der Waals surface area contributed by atoms with Gasteiger partial charge >= 0.3 is 0 Å². The second kappa shape index (κ2) is 10.1. The zero-order valence-electron chi connectivity index (χ0n) is 16.9. The first-order chi connectivity index (χ1) is 13.2. The molecule has 0 spiro atoms. The van der Waals surface area contributed by atoms with E-state index in [0.717, 1.165) is 58.1 Å². The molecule has 2 aliphatic rings. The van der Waals surface area contributed by atoms with Gasteiger partial charge in [0, 0.05) is 39.3 Å². The second-order valence-electron chi connectivity index (χ2n) is 7.64. The molecule has 0 amide bonds. The third kappa shape index (κ3) is 5.67. The van der Waals surface area contributed by atoms with Crippen LogP contribution in [0.5, 0.6) is 0 Å². The lowest BCUT2D eigenvalue weighted by molar-refractivity contribution is -0.0817. The molecule has 3 rings (SSSR count). The highest BCUT2D eigenvalue weighted by Crippen LogP contribution is 2.21. The highest BCUT2D eigenvalue weighted by Gasteiger charge is 2.32. The molecule has 2 saturated heterocycles. The van der Waals surface area contributed by atoms with Crippen molar-refractivity contribution in [3.8, 4) is 0 Å². The Labute approximate surface area is 163 Å². The highest BCUT2D eigenvalue weighted by molar-refractivity contribution is 5.80. The summed E-state index contributed by atoms with van der Waals surface area (Å²) in [7, 11) is 6.14. The van der Waals surface area contributed by atoms with Crippen LogP contribution in [-0.4, -0.2) is 88.0 Å². The van der Waals surface area contributed by atoms with Crippen LogP contribution >= 0.6 is 0 Å². The summed E-state index contributed by atoms with van der Waals surface area (Å²) in [6.07, 6.45) is 3.64. The molecule has 1 N–H and O–H groups in total. The Bertz CT molecular complexity index is 587. The van der Waals surface area contributed by atoms with Crippen LogP contribution in [0.25, 0.3) is 0 Å². The number of hydrogen-bond acceptors (Lipinski definition) is 4. The third-order valence-electron chi connectivity index (χ3n) is 5.52. The minimum absolute atomic E-state index is 0.147. The van der Waals surface area contributed by atoms with Gasteiger partial charge in [0.05, 0.1) is 12.7 Å². The smallest absolute Gasteiger partial charge is 0.193 e. The maximum absolute atomic E-state index is 5.97. The molecule has 3 atom stereocenters. The number of ether oxygens (including phenoxy) is 2. The van der Waals surface area contributed by atoms with Crippen molar-refractivity contribution in [3.63, 3.8) is 0 Å². The first-order valence-corrected chi connectivity index (χ1v) is 10.1. The molecular formula is C21H34N4O2. The van der Waals surface area contributed by atoms with Crippen molar-refractivity contribution in [2.45, 2.75) is 37.5 Å². The van der Waals surface area contributed by atoms with Gasteiger partial charge in [0.15, 0.2) is 5.96 Å². The maximum atomic E-state index is 5.97. The summed E-state index contributed by atoms with van der Waals surface area (Å²) in [5, 5.41) is 3.59. The molecule has 150 valence electrons. The molecule has 0 bridgehead atoms. The van der Waals surface area contributed by atoms with Crippen molar-refractivity contribution in [1.82, 2.24) is 15.1 Å². The normalized spacial score (nSPS) is 25.0. The van der Waals surface area contributed by atoms with E-state index in [0.29, 0.717) is 6.04 Å². The van der Waals surface area contributed by atoms with Gasteiger partial charge in [0.1, 0.15) is 6.10 Å². The molecule has 2 aliphatic heterocycles. The molecule has 6 heteroatoms. The Balaban J connectivity index is 1.55. The van der Waals surface area contributed by atoms with E-state index in [4.69, 9.17) is 9.47 Å². The summed E-state index contributed by atoms with van der Waals surface area (Å²) in [5.41, 5.74) is 1.36. The quantitative estimate of drug-likeness (QED) is 0.606. The minimum atomic E-state index is 0.147. The molecule has 3 unspecified atom stereocenters. The van der Waals surface area contributed by atoms with Gasteiger partial charge < -0.3 is 24.6 Å². The number of nitrogens with one attached hydrogen (secondary N) is 1. The summed E-state index contributed by atoms with van der Waals surface area (Å²) in [4.78, 5) is 9.12. The standard InChI is InChI=1S/C21H34N4O2/c1-22-21(25-11-13-27-20(16-25)19-10-7-12-26-19)23-15-18(24(2)3)14-17-8-5-4-6-9-17/h4-6,8-9,18-20H,7,10-16H2,1-3H3,(H,22,23). The molecule has 0 radical (unpaired) electrons. The van der Waals surface area contributed by atoms with Gasteiger partial charge in [0.2, 0.25) is 0 Å². The van der Waals surface area contributed by atoms with E-state index in [1.54, 1.807) is 0 Å². The van der Waals surface area contributed by atoms with Crippen molar-refractivity contribution in [1.29, 1.82) is 0 Å². The molecule has 0 aromatic heterocycles. The number of aliphatic imine (C=N–C) groups is 1. The van der Waals surface area contributed by atoms with E-state index in [2.05, 4.69) is 64.5 Å². The van der Waals surface area contributed by atoms with Crippen LogP contribution in [0.4, 0.5) is 0 Å².